The number of hydrogen-bond donors (Lipinski definition) is 1. The number of carboxylic acid groups (broad SMARTS) is 1. The van der Waals surface area contributed by atoms with Crippen molar-refractivity contribution in [3.63, 3.8) is 0 Å². The van der Waals surface area contributed by atoms with Crippen LogP contribution in [0.3, 0.4) is 0 Å². The molecule has 0 unspecified atom stereocenters. The molecule has 4 heteroatoms. The van der Waals surface area contributed by atoms with Crippen LogP contribution in [0.15, 0.2) is 24.3 Å². The van der Waals surface area contributed by atoms with E-state index in [9.17, 15) is 10.0 Å². The van der Waals surface area contributed by atoms with Gasteiger partial charge in [-0.2, -0.15) is 0 Å². The first-order valence-corrected chi connectivity index (χ1v) is 4.65. The van der Waals surface area contributed by atoms with Gasteiger partial charge in [0.2, 0.25) is 0 Å². The highest BCUT2D eigenvalue weighted by molar-refractivity contribution is 5.97. The van der Waals surface area contributed by atoms with E-state index in [4.69, 9.17) is 5.11 Å². The molecule has 0 fully saturated rings. The minimum atomic E-state index is -1.03. The van der Waals surface area contributed by atoms with E-state index in [1.165, 1.54) is 12.3 Å². The van der Waals surface area contributed by atoms with Crippen LogP contribution in [0, 0.1) is 5.21 Å². The molecule has 0 radical (unpaired) electrons. The van der Waals surface area contributed by atoms with Gasteiger partial charge in [0.1, 0.15) is 0 Å². The van der Waals surface area contributed by atoms with Crippen LogP contribution in [0.5, 0.6) is 0 Å². The Bertz CT molecular complexity index is 397. The fourth-order valence-corrected chi connectivity index (χ4v) is 1.09. The van der Waals surface area contributed by atoms with E-state index >= 15 is 0 Å². The third-order valence-electron chi connectivity index (χ3n) is 1.97. The lowest BCUT2D eigenvalue weighted by Gasteiger charge is -2.07. The lowest BCUT2D eigenvalue weighted by atomic mass is 10.1. The van der Waals surface area contributed by atoms with Crippen molar-refractivity contribution in [2.45, 2.75) is 19.9 Å². The molecule has 80 valence electrons. The summed E-state index contributed by atoms with van der Waals surface area (Å²) in [5.41, 5.74) is 0.563. The molecule has 0 aliphatic carbocycles. The predicted octanol–water partition coefficient (Wildman–Crippen LogP) is 1.72. The van der Waals surface area contributed by atoms with Crippen LogP contribution >= 0.6 is 0 Å². The molecular weight excluding hydrogens is 194 g/mol. The standard InChI is InChI=1S/C11H13NO3/c1-8(2)12(15)7-9-5-3-4-6-10(9)11(13)14/h3-8H,1-2H3,(H,13,14)/b12-7-. The molecule has 0 spiro atoms. The summed E-state index contributed by atoms with van der Waals surface area (Å²) in [5.74, 6) is -1.03. The average Bonchev–Trinajstić information content (AvgIpc) is 2.18. The molecule has 0 aliphatic rings. The number of hydroxylamine groups is 1. The minimum absolute atomic E-state index is 0.138. The molecule has 4 nitrogen and oxygen atoms in total. The van der Waals surface area contributed by atoms with Crippen LogP contribution < -0.4 is 0 Å². The summed E-state index contributed by atoms with van der Waals surface area (Å²) >= 11 is 0. The zero-order valence-corrected chi connectivity index (χ0v) is 8.68. The Morgan fingerprint density at radius 1 is 1.47 bits per heavy atom. The normalized spacial score (nSPS) is 11.8. The topological polar surface area (TPSA) is 63.4 Å². The van der Waals surface area contributed by atoms with Gasteiger partial charge < -0.3 is 10.3 Å². The Morgan fingerprint density at radius 3 is 2.60 bits per heavy atom. The molecule has 15 heavy (non-hydrogen) atoms. The van der Waals surface area contributed by atoms with E-state index in [1.54, 1.807) is 32.0 Å². The number of carbonyl (C=O) groups is 1. The van der Waals surface area contributed by atoms with Gasteiger partial charge in [0, 0.05) is 0 Å². The molecule has 0 heterocycles. The maximum atomic E-state index is 11.4. The highest BCUT2D eigenvalue weighted by Gasteiger charge is 2.10. The van der Waals surface area contributed by atoms with Crippen LogP contribution in [-0.2, 0) is 0 Å². The summed E-state index contributed by atoms with van der Waals surface area (Å²) in [4.78, 5) is 10.8. The molecule has 0 amide bonds. The Kier molecular flexibility index (Phi) is 3.44. The number of carboxylic acids is 1. The second-order valence-electron chi connectivity index (χ2n) is 3.48. The zero-order valence-electron chi connectivity index (χ0n) is 8.68. The van der Waals surface area contributed by atoms with Crippen LogP contribution in [0.2, 0.25) is 0 Å². The first-order valence-electron chi connectivity index (χ1n) is 4.65. The molecule has 0 saturated carbocycles. The van der Waals surface area contributed by atoms with Gasteiger partial charge in [-0.15, -0.1) is 0 Å². The maximum absolute atomic E-state index is 11.4. The van der Waals surface area contributed by atoms with Gasteiger partial charge in [0.15, 0.2) is 12.3 Å². The summed E-state index contributed by atoms with van der Waals surface area (Å²) in [6.45, 7) is 3.49. The number of hydrogen-bond acceptors (Lipinski definition) is 2. The fourth-order valence-electron chi connectivity index (χ4n) is 1.09. The predicted molar refractivity (Wildman–Crippen MR) is 57.3 cm³/mol. The molecular formula is C11H13NO3. The Balaban J connectivity index is 3.15. The molecule has 1 aromatic carbocycles. The van der Waals surface area contributed by atoms with Gasteiger partial charge in [-0.3, -0.25) is 0 Å². The second-order valence-corrected chi connectivity index (χ2v) is 3.48. The highest BCUT2D eigenvalue weighted by Crippen LogP contribution is 2.06. The molecule has 1 N–H and O–H groups in total. The zero-order chi connectivity index (χ0) is 11.4. The van der Waals surface area contributed by atoms with Crippen LogP contribution in [0.25, 0.3) is 0 Å². The third kappa shape index (κ3) is 2.80. The van der Waals surface area contributed by atoms with Crippen LogP contribution in [0.4, 0.5) is 0 Å². The van der Waals surface area contributed by atoms with Gasteiger partial charge in [-0.1, -0.05) is 12.1 Å². The largest absolute Gasteiger partial charge is 0.624 e. The Morgan fingerprint density at radius 2 is 2.07 bits per heavy atom. The average molecular weight is 207 g/mol. The summed E-state index contributed by atoms with van der Waals surface area (Å²) in [6.07, 6.45) is 1.30. The first kappa shape index (κ1) is 11.2. The van der Waals surface area contributed by atoms with Gasteiger partial charge in [-0.05, 0) is 26.0 Å². The van der Waals surface area contributed by atoms with Crippen molar-refractivity contribution in [3.05, 3.63) is 40.6 Å². The van der Waals surface area contributed by atoms with Gasteiger partial charge in [0.05, 0.1) is 11.1 Å². The van der Waals surface area contributed by atoms with Crippen LogP contribution in [-0.4, -0.2) is 28.1 Å². The smallest absolute Gasteiger partial charge is 0.336 e. The van der Waals surface area contributed by atoms with E-state index in [2.05, 4.69) is 0 Å². The molecule has 0 aromatic heterocycles. The maximum Gasteiger partial charge on any atom is 0.336 e. The third-order valence-corrected chi connectivity index (χ3v) is 1.97. The van der Waals surface area contributed by atoms with E-state index in [0.717, 1.165) is 4.74 Å². The molecule has 0 bridgehead atoms. The monoisotopic (exact) mass is 207 g/mol. The van der Waals surface area contributed by atoms with Crippen molar-refractivity contribution in [3.8, 4) is 0 Å². The van der Waals surface area contributed by atoms with Gasteiger partial charge in [-0.25, -0.2) is 9.53 Å². The quantitative estimate of drug-likeness (QED) is 0.355. The number of aromatic carboxylic acids is 1. The van der Waals surface area contributed by atoms with Crippen molar-refractivity contribution in [2.75, 3.05) is 0 Å². The first-order chi connectivity index (χ1) is 7.02. The Hall–Kier alpha value is -1.84. The highest BCUT2D eigenvalue weighted by atomic mass is 16.5. The fraction of sp³-hybridized carbons (Fsp3) is 0.273. The minimum Gasteiger partial charge on any atom is -0.624 e. The lowest BCUT2D eigenvalue weighted by molar-refractivity contribution is -0.487. The number of benzene rings is 1. The van der Waals surface area contributed by atoms with Gasteiger partial charge in [0.25, 0.3) is 0 Å². The summed E-state index contributed by atoms with van der Waals surface area (Å²) in [5, 5.41) is 20.2. The van der Waals surface area contributed by atoms with Crippen molar-refractivity contribution in [2.24, 2.45) is 0 Å². The SMILES string of the molecule is CC(C)/[N+]([O-])=C/c1ccccc1C(=O)O. The number of nitrogens with zero attached hydrogens (tertiary/aromatic N) is 1. The van der Waals surface area contributed by atoms with Crippen LogP contribution in [0.1, 0.15) is 29.8 Å². The van der Waals surface area contributed by atoms with Gasteiger partial charge >= 0.3 is 5.97 Å². The van der Waals surface area contributed by atoms with Crippen molar-refractivity contribution >= 4 is 12.2 Å². The van der Waals surface area contributed by atoms with E-state index < -0.39 is 5.97 Å². The van der Waals surface area contributed by atoms with Crippen molar-refractivity contribution < 1.29 is 14.6 Å². The van der Waals surface area contributed by atoms with Crippen molar-refractivity contribution in [1.29, 1.82) is 0 Å². The van der Waals surface area contributed by atoms with E-state index in [-0.39, 0.29) is 11.6 Å². The lowest BCUT2D eigenvalue weighted by Crippen LogP contribution is -2.16. The van der Waals surface area contributed by atoms with Crippen molar-refractivity contribution in [1.82, 2.24) is 0 Å². The molecule has 1 rings (SSSR count). The number of rotatable bonds is 3. The second kappa shape index (κ2) is 4.59. The molecule has 0 saturated heterocycles. The van der Waals surface area contributed by atoms with E-state index in [1.807, 2.05) is 0 Å². The van der Waals surface area contributed by atoms with E-state index in [0.29, 0.717) is 5.56 Å². The summed E-state index contributed by atoms with van der Waals surface area (Å²) in [7, 11) is 0. The summed E-state index contributed by atoms with van der Waals surface area (Å²) < 4.78 is 0.738. The molecule has 0 aliphatic heterocycles. The summed E-state index contributed by atoms with van der Waals surface area (Å²) in [6, 6.07) is 6.21. The molecule has 1 aromatic rings. The molecule has 0 atom stereocenters. The Labute approximate surface area is 88.1 Å².